The molecule has 1 aromatic heterocycles. The van der Waals surface area contributed by atoms with E-state index >= 15 is 0 Å². The van der Waals surface area contributed by atoms with Crippen LogP contribution < -0.4 is 14.8 Å². The van der Waals surface area contributed by atoms with Crippen LogP contribution in [0.2, 0.25) is 0 Å². The SMILES string of the molecule is COc1ccc(CNC(=O)c2cccc3cccnc23)cc1OC. The van der Waals surface area contributed by atoms with E-state index in [0.717, 1.165) is 10.9 Å². The predicted molar refractivity (Wildman–Crippen MR) is 92.5 cm³/mol. The van der Waals surface area contributed by atoms with Gasteiger partial charge >= 0.3 is 0 Å². The molecular weight excluding hydrogens is 304 g/mol. The van der Waals surface area contributed by atoms with Crippen LogP contribution in [0.3, 0.4) is 0 Å². The molecule has 122 valence electrons. The number of benzene rings is 2. The number of aromatic nitrogens is 1. The molecule has 0 aliphatic heterocycles. The molecule has 0 atom stereocenters. The lowest BCUT2D eigenvalue weighted by atomic mass is 10.1. The fraction of sp³-hybridized carbons (Fsp3) is 0.158. The van der Waals surface area contributed by atoms with Gasteiger partial charge in [0.15, 0.2) is 11.5 Å². The van der Waals surface area contributed by atoms with Gasteiger partial charge in [-0.05, 0) is 29.8 Å². The molecule has 5 heteroatoms. The molecule has 1 amide bonds. The molecule has 0 unspecified atom stereocenters. The standard InChI is InChI=1S/C19H18N2O3/c1-23-16-9-8-13(11-17(16)24-2)12-21-19(22)15-7-3-5-14-6-4-10-20-18(14)15/h3-11H,12H2,1-2H3,(H,21,22). The Kier molecular flexibility index (Phi) is 4.61. The first-order valence-corrected chi connectivity index (χ1v) is 7.56. The van der Waals surface area contributed by atoms with E-state index in [9.17, 15) is 4.79 Å². The van der Waals surface area contributed by atoms with Crippen LogP contribution >= 0.6 is 0 Å². The number of ether oxygens (including phenoxy) is 2. The van der Waals surface area contributed by atoms with Gasteiger partial charge in [0.25, 0.3) is 5.91 Å². The summed E-state index contributed by atoms with van der Waals surface area (Å²) in [5, 5.41) is 3.86. The van der Waals surface area contributed by atoms with Crippen molar-refractivity contribution >= 4 is 16.8 Å². The number of carbonyl (C=O) groups is 1. The van der Waals surface area contributed by atoms with Gasteiger partial charge < -0.3 is 14.8 Å². The minimum Gasteiger partial charge on any atom is -0.493 e. The van der Waals surface area contributed by atoms with Crippen molar-refractivity contribution in [2.24, 2.45) is 0 Å². The van der Waals surface area contributed by atoms with Gasteiger partial charge in [-0.15, -0.1) is 0 Å². The summed E-state index contributed by atoms with van der Waals surface area (Å²) in [5.74, 6) is 1.14. The highest BCUT2D eigenvalue weighted by atomic mass is 16.5. The number of nitrogens with one attached hydrogen (secondary N) is 1. The predicted octanol–water partition coefficient (Wildman–Crippen LogP) is 3.18. The Bertz CT molecular complexity index is 872. The number of pyridine rings is 1. The van der Waals surface area contributed by atoms with Crippen molar-refractivity contribution in [2.75, 3.05) is 14.2 Å². The quantitative estimate of drug-likeness (QED) is 0.784. The minimum atomic E-state index is -0.158. The van der Waals surface area contributed by atoms with Gasteiger partial charge in [-0.1, -0.05) is 24.3 Å². The third-order valence-corrected chi connectivity index (χ3v) is 3.78. The molecule has 0 saturated carbocycles. The van der Waals surface area contributed by atoms with E-state index in [1.165, 1.54) is 0 Å². The van der Waals surface area contributed by atoms with E-state index in [4.69, 9.17) is 9.47 Å². The topological polar surface area (TPSA) is 60.5 Å². The summed E-state index contributed by atoms with van der Waals surface area (Å²) in [7, 11) is 3.18. The normalized spacial score (nSPS) is 10.4. The smallest absolute Gasteiger partial charge is 0.253 e. The molecule has 0 aliphatic carbocycles. The summed E-state index contributed by atoms with van der Waals surface area (Å²) in [6.07, 6.45) is 1.69. The molecule has 3 rings (SSSR count). The van der Waals surface area contributed by atoms with Crippen LogP contribution in [0.1, 0.15) is 15.9 Å². The molecule has 3 aromatic rings. The molecule has 0 bridgehead atoms. The van der Waals surface area contributed by atoms with Crippen LogP contribution in [0, 0.1) is 0 Å². The van der Waals surface area contributed by atoms with E-state index in [1.807, 2.05) is 42.5 Å². The Balaban J connectivity index is 1.78. The van der Waals surface area contributed by atoms with Gasteiger partial charge in [0.05, 0.1) is 25.3 Å². The maximum atomic E-state index is 12.5. The van der Waals surface area contributed by atoms with Crippen LogP contribution in [-0.4, -0.2) is 25.1 Å². The number of carbonyl (C=O) groups excluding carboxylic acids is 1. The second-order valence-corrected chi connectivity index (χ2v) is 5.25. The maximum absolute atomic E-state index is 12.5. The summed E-state index contributed by atoms with van der Waals surface area (Å²) < 4.78 is 10.5. The van der Waals surface area contributed by atoms with E-state index in [1.54, 1.807) is 26.5 Å². The molecule has 1 N–H and O–H groups in total. The van der Waals surface area contributed by atoms with Gasteiger partial charge in [0.2, 0.25) is 0 Å². The Labute approximate surface area is 140 Å². The third-order valence-electron chi connectivity index (χ3n) is 3.78. The van der Waals surface area contributed by atoms with Crippen molar-refractivity contribution in [2.45, 2.75) is 6.54 Å². The van der Waals surface area contributed by atoms with Crippen LogP contribution in [0.25, 0.3) is 10.9 Å². The fourth-order valence-corrected chi connectivity index (χ4v) is 2.56. The lowest BCUT2D eigenvalue weighted by Gasteiger charge is -2.11. The van der Waals surface area contributed by atoms with Crippen molar-refractivity contribution in [3.05, 3.63) is 65.9 Å². The molecule has 1 heterocycles. The molecular formula is C19H18N2O3. The van der Waals surface area contributed by atoms with Crippen LogP contribution in [0.5, 0.6) is 11.5 Å². The highest BCUT2D eigenvalue weighted by molar-refractivity contribution is 6.05. The summed E-state index contributed by atoms with van der Waals surface area (Å²) in [4.78, 5) is 16.8. The zero-order chi connectivity index (χ0) is 16.9. The van der Waals surface area contributed by atoms with Gasteiger partial charge in [-0.3, -0.25) is 9.78 Å². The van der Waals surface area contributed by atoms with Crippen molar-refractivity contribution in [3.63, 3.8) is 0 Å². The Morgan fingerprint density at radius 1 is 1.04 bits per heavy atom. The van der Waals surface area contributed by atoms with E-state index < -0.39 is 0 Å². The summed E-state index contributed by atoms with van der Waals surface area (Å²) >= 11 is 0. The summed E-state index contributed by atoms with van der Waals surface area (Å²) in [6.45, 7) is 0.391. The molecule has 5 nitrogen and oxygen atoms in total. The number of nitrogens with zero attached hydrogens (tertiary/aromatic N) is 1. The summed E-state index contributed by atoms with van der Waals surface area (Å²) in [6, 6.07) is 14.9. The number of methoxy groups -OCH3 is 2. The fourth-order valence-electron chi connectivity index (χ4n) is 2.56. The largest absolute Gasteiger partial charge is 0.493 e. The third kappa shape index (κ3) is 3.15. The number of hydrogen-bond donors (Lipinski definition) is 1. The second kappa shape index (κ2) is 7.00. The lowest BCUT2D eigenvalue weighted by molar-refractivity contribution is 0.0952. The second-order valence-electron chi connectivity index (χ2n) is 5.25. The zero-order valence-electron chi connectivity index (χ0n) is 13.6. The van der Waals surface area contributed by atoms with E-state index in [-0.39, 0.29) is 5.91 Å². The minimum absolute atomic E-state index is 0.158. The number of fused-ring (bicyclic) bond motifs is 1. The molecule has 24 heavy (non-hydrogen) atoms. The molecule has 0 spiro atoms. The maximum Gasteiger partial charge on any atom is 0.253 e. The van der Waals surface area contributed by atoms with Crippen LogP contribution in [0.4, 0.5) is 0 Å². The van der Waals surface area contributed by atoms with E-state index in [2.05, 4.69) is 10.3 Å². The van der Waals surface area contributed by atoms with Gasteiger partial charge in [-0.25, -0.2) is 0 Å². The first kappa shape index (κ1) is 15.8. The van der Waals surface area contributed by atoms with Gasteiger partial charge in [-0.2, -0.15) is 0 Å². The van der Waals surface area contributed by atoms with Crippen molar-refractivity contribution in [1.82, 2.24) is 10.3 Å². The summed E-state index contributed by atoms with van der Waals surface area (Å²) in [5.41, 5.74) is 2.19. The first-order chi connectivity index (χ1) is 11.7. The molecule has 0 fully saturated rings. The first-order valence-electron chi connectivity index (χ1n) is 7.56. The number of para-hydroxylation sites is 1. The van der Waals surface area contributed by atoms with Crippen molar-refractivity contribution < 1.29 is 14.3 Å². The molecule has 0 saturated heterocycles. The highest BCUT2D eigenvalue weighted by Gasteiger charge is 2.11. The van der Waals surface area contributed by atoms with Gasteiger partial charge in [0.1, 0.15) is 0 Å². The number of amides is 1. The van der Waals surface area contributed by atoms with Crippen LogP contribution in [0.15, 0.2) is 54.7 Å². The zero-order valence-corrected chi connectivity index (χ0v) is 13.6. The highest BCUT2D eigenvalue weighted by Crippen LogP contribution is 2.27. The average molecular weight is 322 g/mol. The molecule has 0 radical (unpaired) electrons. The van der Waals surface area contributed by atoms with Crippen LogP contribution in [-0.2, 0) is 6.54 Å². The van der Waals surface area contributed by atoms with E-state index in [0.29, 0.717) is 29.1 Å². The molecule has 0 aliphatic rings. The molecule has 2 aromatic carbocycles. The van der Waals surface area contributed by atoms with Crippen molar-refractivity contribution in [1.29, 1.82) is 0 Å². The lowest BCUT2D eigenvalue weighted by Crippen LogP contribution is -2.23. The Morgan fingerprint density at radius 2 is 1.83 bits per heavy atom. The number of rotatable bonds is 5. The monoisotopic (exact) mass is 322 g/mol. The van der Waals surface area contributed by atoms with Crippen molar-refractivity contribution in [3.8, 4) is 11.5 Å². The van der Waals surface area contributed by atoms with Gasteiger partial charge in [0, 0.05) is 18.1 Å². The Hall–Kier alpha value is -3.08. The Morgan fingerprint density at radius 3 is 2.62 bits per heavy atom. The average Bonchev–Trinajstić information content (AvgIpc) is 2.65. The number of hydrogen-bond acceptors (Lipinski definition) is 4.